The SMILES string of the molecule is C[C@@H]1[C@H](O)[C@@H](C)C(=O)[C@H](C)C[C@@](C)(O)[C@H](O)[C@@H](C)[C@H](O[C@H]2CC(N(C)C)C3O[C@H]3O2)[C@@H](C)C(=O)O[C@@H]1C. The molecule has 0 aliphatic carbocycles. The molecule has 3 N–H and O–H groups in total. The van der Waals surface area contributed by atoms with Gasteiger partial charge in [-0.25, -0.2) is 0 Å². The second kappa shape index (κ2) is 11.5. The highest BCUT2D eigenvalue weighted by Gasteiger charge is 2.54. The van der Waals surface area contributed by atoms with Crippen LogP contribution >= 0.6 is 0 Å². The van der Waals surface area contributed by atoms with E-state index in [2.05, 4.69) is 0 Å². The Balaban J connectivity index is 1.91. The number of aliphatic hydroxyl groups is 3. The molecule has 2 unspecified atom stereocenters. The highest BCUT2D eigenvalue weighted by atomic mass is 16.8. The topological polar surface area (TPSA) is 138 Å². The summed E-state index contributed by atoms with van der Waals surface area (Å²) >= 11 is 0. The van der Waals surface area contributed by atoms with Crippen LogP contribution in [0.5, 0.6) is 0 Å². The Kier molecular flexibility index (Phi) is 9.48. The molecule has 0 saturated carbocycles. The Morgan fingerprint density at radius 1 is 0.973 bits per heavy atom. The fourth-order valence-corrected chi connectivity index (χ4v) is 5.96. The average molecular weight is 530 g/mol. The average Bonchev–Trinajstić information content (AvgIpc) is 3.62. The van der Waals surface area contributed by atoms with Crippen LogP contribution in [-0.4, -0.2) is 101 Å². The molecular formula is C27H47NO9. The maximum atomic E-state index is 13.3. The molecular weight excluding hydrogens is 482 g/mol. The molecule has 3 aliphatic rings. The van der Waals surface area contributed by atoms with Gasteiger partial charge in [0.1, 0.15) is 18.0 Å². The number of nitrogens with zero attached hydrogens (tertiary/aromatic N) is 1. The second-order valence-corrected chi connectivity index (χ2v) is 12.1. The normalized spacial score (nSPS) is 50.2. The van der Waals surface area contributed by atoms with Crippen molar-refractivity contribution in [3.05, 3.63) is 0 Å². The van der Waals surface area contributed by atoms with Crippen LogP contribution in [0.3, 0.4) is 0 Å². The number of esters is 1. The lowest BCUT2D eigenvalue weighted by Crippen LogP contribution is -2.53. The van der Waals surface area contributed by atoms with E-state index >= 15 is 0 Å². The number of hydrogen-bond donors (Lipinski definition) is 3. The summed E-state index contributed by atoms with van der Waals surface area (Å²) in [4.78, 5) is 28.4. The summed E-state index contributed by atoms with van der Waals surface area (Å²) in [6.45, 7) is 11.6. The fraction of sp³-hybridized carbons (Fsp3) is 0.926. The van der Waals surface area contributed by atoms with Crippen LogP contribution in [0.15, 0.2) is 0 Å². The fourth-order valence-electron chi connectivity index (χ4n) is 5.96. The molecule has 3 aliphatic heterocycles. The first-order chi connectivity index (χ1) is 17.1. The minimum Gasteiger partial charge on any atom is -0.462 e. The van der Waals surface area contributed by atoms with Gasteiger partial charge in [-0.2, -0.15) is 0 Å². The Morgan fingerprint density at radius 2 is 1.59 bits per heavy atom. The summed E-state index contributed by atoms with van der Waals surface area (Å²) < 4.78 is 23.6. The highest BCUT2D eigenvalue weighted by Crippen LogP contribution is 2.40. The molecule has 0 aromatic heterocycles. The summed E-state index contributed by atoms with van der Waals surface area (Å²) in [5, 5.41) is 33.5. The number of epoxide rings is 1. The number of ketones is 1. The first-order valence-electron chi connectivity index (χ1n) is 13.5. The van der Waals surface area contributed by atoms with Crippen molar-refractivity contribution in [2.75, 3.05) is 14.1 Å². The van der Waals surface area contributed by atoms with Gasteiger partial charge in [0.2, 0.25) is 0 Å². The van der Waals surface area contributed by atoms with Gasteiger partial charge in [-0.3, -0.25) is 9.59 Å². The predicted molar refractivity (Wildman–Crippen MR) is 134 cm³/mol. The molecule has 10 nitrogen and oxygen atoms in total. The van der Waals surface area contributed by atoms with E-state index < -0.39 is 71.9 Å². The zero-order valence-electron chi connectivity index (χ0n) is 23.7. The number of cyclic esters (lactones) is 1. The quantitative estimate of drug-likeness (QED) is 0.363. The van der Waals surface area contributed by atoms with Crippen LogP contribution in [0.4, 0.5) is 0 Å². The Bertz CT molecular complexity index is 820. The number of fused-ring (bicyclic) bond motifs is 1. The van der Waals surface area contributed by atoms with Crippen molar-refractivity contribution in [3.8, 4) is 0 Å². The van der Waals surface area contributed by atoms with E-state index in [0.29, 0.717) is 6.42 Å². The van der Waals surface area contributed by atoms with Crippen molar-refractivity contribution >= 4 is 11.8 Å². The third-order valence-electron chi connectivity index (χ3n) is 8.82. The molecule has 0 bridgehead atoms. The van der Waals surface area contributed by atoms with Gasteiger partial charge in [-0.05, 0) is 41.3 Å². The molecule has 14 atom stereocenters. The third-order valence-corrected chi connectivity index (χ3v) is 8.82. The lowest BCUT2D eigenvalue weighted by atomic mass is 9.75. The van der Waals surface area contributed by atoms with Gasteiger partial charge < -0.3 is 39.2 Å². The van der Waals surface area contributed by atoms with Gasteiger partial charge >= 0.3 is 5.97 Å². The van der Waals surface area contributed by atoms with Gasteiger partial charge in [0.15, 0.2) is 12.6 Å². The van der Waals surface area contributed by atoms with Crippen LogP contribution in [0.1, 0.15) is 61.3 Å². The Hall–Kier alpha value is -1.14. The zero-order chi connectivity index (χ0) is 28.0. The van der Waals surface area contributed by atoms with Crippen LogP contribution < -0.4 is 0 Å². The summed E-state index contributed by atoms with van der Waals surface area (Å²) in [5.41, 5.74) is -1.66. The van der Waals surface area contributed by atoms with Crippen LogP contribution in [0.25, 0.3) is 0 Å². The number of aliphatic hydroxyl groups excluding tert-OH is 2. The monoisotopic (exact) mass is 529 g/mol. The van der Waals surface area contributed by atoms with Crippen molar-refractivity contribution < 1.29 is 43.9 Å². The standard InChI is InChI=1S/C27H47NO9/c1-12-11-27(7,33)24(31)15(4)22(35-19-10-18(28(8)9)23-26(36-19)37-23)16(5)25(32)34-17(6)13(2)21(30)14(3)20(12)29/h12-19,21-24,26,30-31,33H,10-11H2,1-9H3/t12-,13+,14+,15+,16-,17-,18?,19-,21+,22+,23?,24-,26-,27-/m1/s1. The second-order valence-electron chi connectivity index (χ2n) is 12.1. The molecule has 214 valence electrons. The zero-order valence-corrected chi connectivity index (χ0v) is 23.7. The molecule has 0 radical (unpaired) electrons. The number of carbonyl (C=O) groups excluding carboxylic acids is 2. The maximum Gasteiger partial charge on any atom is 0.311 e. The number of ether oxygens (including phenoxy) is 4. The van der Waals surface area contributed by atoms with E-state index in [1.807, 2.05) is 19.0 Å². The summed E-state index contributed by atoms with van der Waals surface area (Å²) in [6.07, 6.45) is -4.48. The smallest absolute Gasteiger partial charge is 0.311 e. The summed E-state index contributed by atoms with van der Waals surface area (Å²) in [7, 11) is 3.91. The maximum absolute atomic E-state index is 13.3. The summed E-state index contributed by atoms with van der Waals surface area (Å²) in [6, 6.07) is 0.0732. The van der Waals surface area contributed by atoms with E-state index in [1.54, 1.807) is 41.5 Å². The van der Waals surface area contributed by atoms with Gasteiger partial charge in [-0.1, -0.05) is 27.7 Å². The van der Waals surface area contributed by atoms with Gasteiger partial charge in [0.05, 0.1) is 29.8 Å². The highest BCUT2D eigenvalue weighted by molar-refractivity contribution is 5.83. The molecule has 3 saturated heterocycles. The number of Topliss-reactive ketones (excluding diaryl/α,β-unsaturated/α-hetero) is 1. The van der Waals surface area contributed by atoms with Crippen LogP contribution in [0, 0.1) is 29.6 Å². The molecule has 0 aromatic carbocycles. The molecule has 3 fully saturated rings. The first-order valence-corrected chi connectivity index (χ1v) is 13.5. The van der Waals surface area contributed by atoms with Crippen molar-refractivity contribution in [3.63, 3.8) is 0 Å². The van der Waals surface area contributed by atoms with E-state index in [-0.39, 0.29) is 30.6 Å². The van der Waals surface area contributed by atoms with Crippen molar-refractivity contribution in [2.45, 2.75) is 116 Å². The lowest BCUT2D eigenvalue weighted by Gasteiger charge is -2.42. The number of likely N-dealkylation sites (N-methyl/N-ethyl adjacent to an activating group) is 1. The van der Waals surface area contributed by atoms with Gasteiger partial charge in [-0.15, -0.1) is 0 Å². The first kappa shape index (κ1) is 30.4. The minimum absolute atomic E-state index is 0.00981. The molecule has 10 heteroatoms. The van der Waals surface area contributed by atoms with Crippen molar-refractivity contribution in [1.29, 1.82) is 0 Å². The molecule has 0 aromatic rings. The molecule has 37 heavy (non-hydrogen) atoms. The van der Waals surface area contributed by atoms with E-state index in [4.69, 9.17) is 18.9 Å². The molecule has 0 spiro atoms. The Labute approximate surface area is 220 Å². The van der Waals surface area contributed by atoms with Crippen molar-refractivity contribution in [2.24, 2.45) is 29.6 Å². The minimum atomic E-state index is -1.66. The third kappa shape index (κ3) is 6.54. The lowest BCUT2D eigenvalue weighted by molar-refractivity contribution is -0.239. The molecule has 3 rings (SSSR count). The largest absolute Gasteiger partial charge is 0.462 e. The number of rotatable bonds is 3. The van der Waals surface area contributed by atoms with E-state index in [0.717, 1.165) is 0 Å². The van der Waals surface area contributed by atoms with Gasteiger partial charge in [0.25, 0.3) is 0 Å². The molecule has 0 amide bonds. The summed E-state index contributed by atoms with van der Waals surface area (Å²) in [5.74, 6) is -4.14. The number of hydrogen-bond acceptors (Lipinski definition) is 10. The Morgan fingerprint density at radius 3 is 2.19 bits per heavy atom. The van der Waals surface area contributed by atoms with Gasteiger partial charge in [0, 0.05) is 36.1 Å². The molecule has 3 heterocycles. The van der Waals surface area contributed by atoms with Crippen LogP contribution in [0.2, 0.25) is 0 Å². The van der Waals surface area contributed by atoms with Crippen molar-refractivity contribution in [1.82, 2.24) is 4.90 Å². The number of carbonyl (C=O) groups is 2. The van der Waals surface area contributed by atoms with Crippen LogP contribution in [-0.2, 0) is 28.5 Å². The van der Waals surface area contributed by atoms with E-state index in [1.165, 1.54) is 6.92 Å². The van der Waals surface area contributed by atoms with E-state index in [9.17, 15) is 24.9 Å². The predicted octanol–water partition coefficient (Wildman–Crippen LogP) is 1.33.